The fourth-order valence-electron chi connectivity index (χ4n) is 1.58. The van der Waals surface area contributed by atoms with Gasteiger partial charge < -0.3 is 9.67 Å². The second-order valence-electron chi connectivity index (χ2n) is 3.70. The van der Waals surface area contributed by atoms with Crippen LogP contribution in [0, 0.1) is 6.92 Å². The summed E-state index contributed by atoms with van der Waals surface area (Å²) in [6, 6.07) is 7.10. The van der Waals surface area contributed by atoms with Gasteiger partial charge in [0.05, 0.1) is 12.2 Å². The van der Waals surface area contributed by atoms with E-state index < -0.39 is 0 Å². The van der Waals surface area contributed by atoms with Crippen molar-refractivity contribution in [2.24, 2.45) is 0 Å². The van der Waals surface area contributed by atoms with Crippen molar-refractivity contribution in [3.05, 3.63) is 56.7 Å². The zero-order valence-electron chi connectivity index (χ0n) is 9.22. The molecule has 0 aliphatic heterocycles. The standard InChI is InChI=1S/C12H11BrN2O2/c1-8-6-10(16)11(13)12(17)15(8)7-9-4-2-3-5-14-9/h2-6,16H,7H2,1H3. The number of aromatic hydroxyl groups is 1. The molecule has 88 valence electrons. The summed E-state index contributed by atoms with van der Waals surface area (Å²) in [6.07, 6.45) is 1.69. The highest BCUT2D eigenvalue weighted by Gasteiger charge is 2.10. The van der Waals surface area contributed by atoms with Crippen molar-refractivity contribution in [2.45, 2.75) is 13.5 Å². The maximum Gasteiger partial charge on any atom is 0.269 e. The van der Waals surface area contributed by atoms with E-state index in [2.05, 4.69) is 20.9 Å². The average Bonchev–Trinajstić information content (AvgIpc) is 2.33. The highest BCUT2D eigenvalue weighted by Crippen LogP contribution is 2.20. The third-order valence-corrected chi connectivity index (χ3v) is 3.22. The molecule has 2 rings (SSSR count). The topological polar surface area (TPSA) is 55.1 Å². The van der Waals surface area contributed by atoms with Gasteiger partial charge in [-0.1, -0.05) is 6.07 Å². The van der Waals surface area contributed by atoms with E-state index in [1.807, 2.05) is 18.2 Å². The second kappa shape index (κ2) is 4.71. The van der Waals surface area contributed by atoms with E-state index in [1.165, 1.54) is 0 Å². The molecular formula is C12H11BrN2O2. The number of pyridine rings is 2. The SMILES string of the molecule is Cc1cc(O)c(Br)c(=O)n1Cc1ccccn1. The lowest BCUT2D eigenvalue weighted by Gasteiger charge is -2.10. The van der Waals surface area contributed by atoms with Crippen LogP contribution in [-0.2, 0) is 6.54 Å². The number of halogens is 1. The predicted molar refractivity (Wildman–Crippen MR) is 68.1 cm³/mol. The summed E-state index contributed by atoms with van der Waals surface area (Å²) >= 11 is 3.07. The molecule has 0 radical (unpaired) electrons. The van der Waals surface area contributed by atoms with Gasteiger partial charge in [-0.05, 0) is 35.0 Å². The first-order valence-corrected chi connectivity index (χ1v) is 5.87. The normalized spacial score (nSPS) is 10.5. The lowest BCUT2D eigenvalue weighted by atomic mass is 10.3. The Hall–Kier alpha value is -1.62. The number of hydrogen-bond donors (Lipinski definition) is 1. The first kappa shape index (κ1) is 11.9. The fraction of sp³-hybridized carbons (Fsp3) is 0.167. The summed E-state index contributed by atoms with van der Waals surface area (Å²) < 4.78 is 1.74. The first-order chi connectivity index (χ1) is 8.09. The van der Waals surface area contributed by atoms with Crippen LogP contribution in [-0.4, -0.2) is 14.7 Å². The van der Waals surface area contributed by atoms with Crippen LogP contribution in [0.4, 0.5) is 0 Å². The summed E-state index contributed by atoms with van der Waals surface area (Å²) in [5.41, 5.74) is 1.24. The summed E-state index contributed by atoms with van der Waals surface area (Å²) in [4.78, 5) is 16.1. The van der Waals surface area contributed by atoms with Crippen LogP contribution in [0.5, 0.6) is 5.75 Å². The maximum absolute atomic E-state index is 11.9. The molecule has 2 aromatic rings. The molecule has 0 amide bonds. The molecule has 4 nitrogen and oxygen atoms in total. The van der Waals surface area contributed by atoms with Crippen molar-refractivity contribution in [2.75, 3.05) is 0 Å². The Bertz CT molecular complexity index is 593. The lowest BCUT2D eigenvalue weighted by Crippen LogP contribution is -2.23. The Kier molecular flexibility index (Phi) is 3.28. The van der Waals surface area contributed by atoms with Crippen molar-refractivity contribution in [3.8, 4) is 5.75 Å². The van der Waals surface area contributed by atoms with Gasteiger partial charge in [-0.2, -0.15) is 0 Å². The van der Waals surface area contributed by atoms with E-state index in [0.29, 0.717) is 12.2 Å². The molecule has 0 saturated carbocycles. The third-order valence-electron chi connectivity index (χ3n) is 2.48. The van der Waals surface area contributed by atoms with Crippen LogP contribution in [0.1, 0.15) is 11.4 Å². The number of rotatable bonds is 2. The fourth-order valence-corrected chi connectivity index (χ4v) is 1.91. The average molecular weight is 295 g/mol. The molecule has 0 fully saturated rings. The minimum absolute atomic E-state index is 0.0372. The molecule has 0 aliphatic rings. The minimum Gasteiger partial charge on any atom is -0.506 e. The van der Waals surface area contributed by atoms with Crippen LogP contribution in [0.3, 0.4) is 0 Å². The number of aromatic nitrogens is 2. The first-order valence-electron chi connectivity index (χ1n) is 5.08. The van der Waals surface area contributed by atoms with Crippen LogP contribution in [0.15, 0.2) is 39.7 Å². The van der Waals surface area contributed by atoms with Crippen LogP contribution >= 0.6 is 15.9 Å². The minimum atomic E-state index is -0.256. The van der Waals surface area contributed by atoms with Gasteiger partial charge in [0.15, 0.2) is 0 Å². The number of nitrogens with zero attached hydrogens (tertiary/aromatic N) is 2. The molecule has 0 saturated heterocycles. The van der Waals surface area contributed by atoms with Crippen LogP contribution < -0.4 is 5.56 Å². The smallest absolute Gasteiger partial charge is 0.269 e. The molecule has 0 unspecified atom stereocenters. The highest BCUT2D eigenvalue weighted by atomic mass is 79.9. The van der Waals surface area contributed by atoms with Gasteiger partial charge in [-0.15, -0.1) is 0 Å². The number of hydrogen-bond acceptors (Lipinski definition) is 3. The van der Waals surface area contributed by atoms with E-state index in [9.17, 15) is 9.90 Å². The van der Waals surface area contributed by atoms with Crippen molar-refractivity contribution in [3.63, 3.8) is 0 Å². The Morgan fingerprint density at radius 1 is 1.47 bits per heavy atom. The second-order valence-corrected chi connectivity index (χ2v) is 4.49. The van der Waals surface area contributed by atoms with Gasteiger partial charge in [-0.3, -0.25) is 9.78 Å². The van der Waals surface area contributed by atoms with Crippen molar-refractivity contribution >= 4 is 15.9 Å². The van der Waals surface area contributed by atoms with Gasteiger partial charge in [0.2, 0.25) is 0 Å². The van der Waals surface area contributed by atoms with Crippen molar-refractivity contribution in [1.29, 1.82) is 0 Å². The van der Waals surface area contributed by atoms with Gasteiger partial charge >= 0.3 is 0 Å². The summed E-state index contributed by atoms with van der Waals surface area (Å²) in [5, 5.41) is 9.50. The molecule has 2 heterocycles. The molecular weight excluding hydrogens is 284 g/mol. The Labute approximate surface area is 107 Å². The van der Waals surface area contributed by atoms with E-state index in [0.717, 1.165) is 5.69 Å². The molecule has 0 bridgehead atoms. The maximum atomic E-state index is 11.9. The quantitative estimate of drug-likeness (QED) is 0.922. The largest absolute Gasteiger partial charge is 0.506 e. The van der Waals surface area contributed by atoms with Crippen molar-refractivity contribution in [1.82, 2.24) is 9.55 Å². The third kappa shape index (κ3) is 2.39. The molecule has 0 atom stereocenters. The molecule has 0 spiro atoms. The predicted octanol–water partition coefficient (Wildman–Crippen LogP) is 2.07. The monoisotopic (exact) mass is 294 g/mol. The van der Waals surface area contributed by atoms with Crippen LogP contribution in [0.2, 0.25) is 0 Å². The Morgan fingerprint density at radius 3 is 2.88 bits per heavy atom. The zero-order valence-corrected chi connectivity index (χ0v) is 10.8. The summed E-state index contributed by atoms with van der Waals surface area (Å²) in [5.74, 6) is -0.0372. The summed E-state index contributed by atoms with van der Waals surface area (Å²) in [7, 11) is 0. The summed E-state index contributed by atoms with van der Waals surface area (Å²) in [6.45, 7) is 2.17. The molecule has 0 aromatic carbocycles. The van der Waals surface area contributed by atoms with E-state index in [4.69, 9.17) is 0 Å². The van der Waals surface area contributed by atoms with Gasteiger partial charge in [0.25, 0.3) is 5.56 Å². The van der Waals surface area contributed by atoms with E-state index in [-0.39, 0.29) is 15.8 Å². The molecule has 17 heavy (non-hydrogen) atoms. The number of aryl methyl sites for hydroxylation is 1. The lowest BCUT2D eigenvalue weighted by molar-refractivity contribution is 0.466. The Morgan fingerprint density at radius 2 is 2.24 bits per heavy atom. The zero-order chi connectivity index (χ0) is 12.4. The van der Waals surface area contributed by atoms with Crippen LogP contribution in [0.25, 0.3) is 0 Å². The van der Waals surface area contributed by atoms with Gasteiger partial charge in [-0.25, -0.2) is 0 Å². The highest BCUT2D eigenvalue weighted by molar-refractivity contribution is 9.10. The van der Waals surface area contributed by atoms with Gasteiger partial charge in [0, 0.05) is 18.0 Å². The molecule has 1 N–H and O–H groups in total. The Balaban J connectivity index is 2.47. The molecule has 5 heteroatoms. The molecule has 2 aromatic heterocycles. The van der Waals surface area contributed by atoms with E-state index in [1.54, 1.807) is 23.8 Å². The molecule has 0 aliphatic carbocycles. The van der Waals surface area contributed by atoms with Crippen molar-refractivity contribution < 1.29 is 5.11 Å². The van der Waals surface area contributed by atoms with E-state index >= 15 is 0 Å². The van der Waals surface area contributed by atoms with Gasteiger partial charge in [0.1, 0.15) is 10.2 Å².